The van der Waals surface area contributed by atoms with Crippen molar-refractivity contribution in [2.24, 2.45) is 5.41 Å². The number of aromatic amines is 1. The second kappa shape index (κ2) is 9.04. The fourth-order valence-electron chi connectivity index (χ4n) is 5.47. The van der Waals surface area contributed by atoms with E-state index in [0.29, 0.717) is 35.6 Å². The average Bonchev–Trinajstić information content (AvgIpc) is 3.21. The van der Waals surface area contributed by atoms with Crippen molar-refractivity contribution in [2.45, 2.75) is 46.0 Å². The van der Waals surface area contributed by atoms with E-state index >= 15 is 0 Å². The topological polar surface area (TPSA) is 74.0 Å². The molecule has 6 heteroatoms. The van der Waals surface area contributed by atoms with Gasteiger partial charge in [-0.25, -0.2) is 0 Å². The van der Waals surface area contributed by atoms with Crippen molar-refractivity contribution in [3.05, 3.63) is 93.4 Å². The molecule has 0 fully saturated rings. The monoisotopic (exact) mass is 487 g/mol. The van der Waals surface area contributed by atoms with Crippen molar-refractivity contribution in [1.29, 1.82) is 0 Å². The van der Waals surface area contributed by atoms with Crippen LogP contribution < -0.4 is 10.6 Å². The highest BCUT2D eigenvalue weighted by Crippen LogP contribution is 2.46. The van der Waals surface area contributed by atoms with Crippen molar-refractivity contribution in [1.82, 2.24) is 15.6 Å². The normalized spacial score (nSPS) is 19.5. The first-order valence-electron chi connectivity index (χ1n) is 12.1. The van der Waals surface area contributed by atoms with Crippen molar-refractivity contribution in [3.63, 3.8) is 0 Å². The Bertz CT molecular complexity index is 1380. The number of halogens is 1. The van der Waals surface area contributed by atoms with Crippen molar-refractivity contribution >= 4 is 34.2 Å². The number of allylic oxidation sites excluding steroid dienone is 3. The molecule has 1 unspecified atom stereocenters. The molecule has 3 aromatic rings. The first kappa shape index (κ1) is 23.4. The summed E-state index contributed by atoms with van der Waals surface area (Å²) in [4.78, 5) is 30.3. The molecule has 0 saturated carbocycles. The number of carbonyl (C=O) groups is 2. The molecule has 0 spiro atoms. The summed E-state index contributed by atoms with van der Waals surface area (Å²) >= 11 is 6.16. The highest BCUT2D eigenvalue weighted by Gasteiger charge is 2.42. The summed E-state index contributed by atoms with van der Waals surface area (Å²) in [5, 5.41) is 8.32. The van der Waals surface area contributed by atoms with Gasteiger partial charge in [-0.1, -0.05) is 55.8 Å². The summed E-state index contributed by atoms with van der Waals surface area (Å²) in [5.74, 6) is -0.473. The Balaban J connectivity index is 1.43. The van der Waals surface area contributed by atoms with Crippen LogP contribution >= 0.6 is 11.6 Å². The number of ketones is 1. The lowest BCUT2D eigenvalue weighted by Crippen LogP contribution is -2.41. The van der Waals surface area contributed by atoms with E-state index in [9.17, 15) is 9.59 Å². The number of H-pyrrole nitrogens is 1. The molecule has 2 aliphatic rings. The summed E-state index contributed by atoms with van der Waals surface area (Å²) in [6, 6.07) is 15.6. The minimum atomic E-state index is -0.416. The van der Waals surface area contributed by atoms with Crippen molar-refractivity contribution in [2.75, 3.05) is 6.54 Å². The summed E-state index contributed by atoms with van der Waals surface area (Å²) < 4.78 is 0. The molecule has 1 atom stereocenters. The largest absolute Gasteiger partial charge is 0.362 e. The maximum atomic E-state index is 13.6. The lowest BCUT2D eigenvalue weighted by molar-refractivity contribution is -0.118. The van der Waals surface area contributed by atoms with Gasteiger partial charge in [0.05, 0.1) is 0 Å². The fraction of sp³-hybridized carbons (Fsp3) is 0.310. The van der Waals surface area contributed by atoms with Gasteiger partial charge >= 0.3 is 0 Å². The highest BCUT2D eigenvalue weighted by atomic mass is 35.5. The number of nitrogens with one attached hydrogen (secondary N) is 3. The lowest BCUT2D eigenvalue weighted by atomic mass is 9.68. The van der Waals surface area contributed by atoms with Gasteiger partial charge in [-0.15, -0.1) is 0 Å². The zero-order valence-corrected chi connectivity index (χ0v) is 21.1. The van der Waals surface area contributed by atoms with Gasteiger partial charge in [0.2, 0.25) is 5.91 Å². The molecule has 1 aliphatic carbocycles. The Morgan fingerprint density at radius 3 is 2.63 bits per heavy atom. The first-order valence-corrected chi connectivity index (χ1v) is 12.4. The Kier molecular flexibility index (Phi) is 6.06. The van der Waals surface area contributed by atoms with E-state index in [1.807, 2.05) is 55.6 Å². The summed E-state index contributed by atoms with van der Waals surface area (Å²) in [6.45, 7) is 6.64. The summed E-state index contributed by atoms with van der Waals surface area (Å²) in [6.07, 6.45) is 3.94. The molecule has 1 aliphatic heterocycles. The van der Waals surface area contributed by atoms with Crippen LogP contribution in [0, 0.1) is 5.41 Å². The van der Waals surface area contributed by atoms with Crippen LogP contribution in [0.3, 0.4) is 0 Å². The van der Waals surface area contributed by atoms with Gasteiger partial charge in [-0.05, 0) is 54.5 Å². The maximum Gasteiger partial charge on any atom is 0.249 e. The molecule has 0 saturated heterocycles. The van der Waals surface area contributed by atoms with Crippen molar-refractivity contribution in [3.8, 4) is 0 Å². The van der Waals surface area contributed by atoms with E-state index in [4.69, 9.17) is 11.6 Å². The zero-order chi connectivity index (χ0) is 24.7. The second-order valence-electron chi connectivity index (χ2n) is 10.3. The Hall–Kier alpha value is -3.31. The van der Waals surface area contributed by atoms with Crippen LogP contribution in [0.25, 0.3) is 10.9 Å². The third kappa shape index (κ3) is 4.53. The van der Waals surface area contributed by atoms with Gasteiger partial charge in [0.25, 0.3) is 0 Å². The molecule has 3 N–H and O–H groups in total. The molecule has 35 heavy (non-hydrogen) atoms. The number of aromatic nitrogens is 1. The van der Waals surface area contributed by atoms with E-state index in [1.165, 1.54) is 5.39 Å². The number of amides is 1. The third-order valence-electron chi connectivity index (χ3n) is 7.04. The Morgan fingerprint density at radius 1 is 1.11 bits per heavy atom. The molecule has 2 aromatic carbocycles. The lowest BCUT2D eigenvalue weighted by Gasteiger charge is -2.39. The van der Waals surface area contributed by atoms with Gasteiger partial charge in [0.1, 0.15) is 0 Å². The number of hydrogen-bond acceptors (Lipinski definition) is 3. The van der Waals surface area contributed by atoms with Crippen LogP contribution in [0.1, 0.15) is 50.7 Å². The number of rotatable bonds is 5. The number of fused-ring (bicyclic) bond motifs is 1. The maximum absolute atomic E-state index is 13.6. The van der Waals surface area contributed by atoms with Crippen LogP contribution in [0.4, 0.5) is 0 Å². The molecule has 0 radical (unpaired) electrons. The molecule has 2 heterocycles. The van der Waals surface area contributed by atoms with Crippen molar-refractivity contribution < 1.29 is 9.59 Å². The number of carbonyl (C=O) groups excluding carboxylic acids is 2. The van der Waals surface area contributed by atoms with Gasteiger partial charge in [0.15, 0.2) is 5.78 Å². The van der Waals surface area contributed by atoms with Crippen LogP contribution in [-0.4, -0.2) is 23.2 Å². The van der Waals surface area contributed by atoms with E-state index < -0.39 is 5.92 Å². The summed E-state index contributed by atoms with van der Waals surface area (Å²) in [5.41, 5.74) is 6.06. The molecular weight excluding hydrogens is 458 g/mol. The Labute approximate surface area is 210 Å². The molecule has 1 amide bonds. The smallest absolute Gasteiger partial charge is 0.249 e. The molecule has 0 bridgehead atoms. The molecule has 5 nitrogen and oxygen atoms in total. The number of benzene rings is 2. The molecule has 5 rings (SSSR count). The zero-order valence-electron chi connectivity index (χ0n) is 20.3. The van der Waals surface area contributed by atoms with E-state index in [-0.39, 0.29) is 17.1 Å². The van der Waals surface area contributed by atoms with Gasteiger partial charge in [0, 0.05) is 63.5 Å². The van der Waals surface area contributed by atoms with Crippen LogP contribution in [0.15, 0.2) is 77.3 Å². The average molecular weight is 488 g/mol. The number of Topliss-reactive ketones (excluding diaryl/α,β-unsaturated/α-hetero) is 1. The number of dihydropyridines is 1. The predicted molar refractivity (Wildman–Crippen MR) is 140 cm³/mol. The fourth-order valence-corrected chi connectivity index (χ4v) is 5.60. The van der Waals surface area contributed by atoms with E-state index in [0.717, 1.165) is 34.5 Å². The van der Waals surface area contributed by atoms with Gasteiger partial charge < -0.3 is 15.6 Å². The molecule has 1 aromatic heterocycles. The second-order valence-corrected chi connectivity index (χ2v) is 10.8. The van der Waals surface area contributed by atoms with Crippen LogP contribution in [0.5, 0.6) is 0 Å². The molecular formula is C29H30ClN3O2. The summed E-state index contributed by atoms with van der Waals surface area (Å²) in [7, 11) is 0. The van der Waals surface area contributed by atoms with E-state index in [1.54, 1.807) is 0 Å². The quantitative estimate of drug-likeness (QED) is 0.426. The molecule has 180 valence electrons. The number of para-hydroxylation sites is 1. The Morgan fingerprint density at radius 2 is 1.86 bits per heavy atom. The highest BCUT2D eigenvalue weighted by molar-refractivity contribution is 6.30. The third-order valence-corrected chi connectivity index (χ3v) is 7.29. The predicted octanol–water partition coefficient (Wildman–Crippen LogP) is 5.78. The number of hydrogen-bond donors (Lipinski definition) is 3. The first-order chi connectivity index (χ1) is 16.7. The van der Waals surface area contributed by atoms with Gasteiger partial charge in [-0.3, -0.25) is 9.59 Å². The SMILES string of the molecule is CC1=C(C(=O)NCCc2c[nH]c3ccccc23)C(c2ccc(Cl)cc2)C2=C(CC(C)(C)CC2=O)N1. The van der Waals surface area contributed by atoms with Crippen LogP contribution in [-0.2, 0) is 16.0 Å². The standard InChI is InChI=1S/C29H30ClN3O2/c1-17-25(28(35)31-13-12-19-16-32-22-7-5-4-6-21(19)22)26(18-8-10-20(30)11-9-18)27-23(33-17)14-29(2,3)15-24(27)34/h4-11,16,26,32-33H,12-15H2,1-3H3,(H,31,35). The van der Waals surface area contributed by atoms with Crippen LogP contribution in [0.2, 0.25) is 5.02 Å². The van der Waals surface area contributed by atoms with E-state index in [2.05, 4.69) is 35.5 Å². The minimum absolute atomic E-state index is 0.0975. The minimum Gasteiger partial charge on any atom is -0.362 e. The van der Waals surface area contributed by atoms with Gasteiger partial charge in [-0.2, -0.15) is 0 Å².